The summed E-state index contributed by atoms with van der Waals surface area (Å²) in [5.41, 5.74) is 0. The molecule has 5 heavy (non-hydrogen) atoms. The Bertz CT molecular complexity index is 11.6. The summed E-state index contributed by atoms with van der Waals surface area (Å²) >= 11 is 2.94. The molecule has 0 aliphatic rings. The predicted octanol–water partition coefficient (Wildman–Crippen LogP) is -1.04. The van der Waals surface area contributed by atoms with Gasteiger partial charge >= 0.3 is 65.3 Å². The summed E-state index contributed by atoms with van der Waals surface area (Å²) in [6.07, 6.45) is 0. The van der Waals surface area contributed by atoms with Gasteiger partial charge in [-0.3, -0.25) is 0 Å². The second-order valence-corrected chi connectivity index (χ2v) is 0. The molecule has 0 aliphatic carbocycles. The van der Waals surface area contributed by atoms with Crippen molar-refractivity contribution >= 4 is 45.5 Å². The average Bonchev–Trinajstić information content (AvgIpc) is 1.00. The summed E-state index contributed by atoms with van der Waals surface area (Å²) in [6.45, 7) is 0. The predicted molar refractivity (Wildman–Crippen MR) is 9.23 cm³/mol. The van der Waals surface area contributed by atoms with Crippen LogP contribution in [-0.4, -0.2) is 45.5 Å². The summed E-state index contributed by atoms with van der Waals surface area (Å²) in [7, 11) is 0. The first kappa shape index (κ1) is 23.6. The molecule has 0 aliphatic heterocycles. The maximum absolute atomic E-state index is 7.81. The third-order valence-corrected chi connectivity index (χ3v) is 0. The van der Waals surface area contributed by atoms with Crippen LogP contribution in [0.15, 0.2) is 0 Å². The van der Waals surface area contributed by atoms with Crippen LogP contribution in [0.2, 0.25) is 0 Å². The zero-order valence-corrected chi connectivity index (χ0v) is 7.23. The van der Waals surface area contributed by atoms with Gasteiger partial charge in [-0.05, 0) is 0 Å². The molecule has 0 bridgehead atoms. The third-order valence-electron chi connectivity index (χ3n) is 0. The van der Waals surface area contributed by atoms with Crippen molar-refractivity contribution < 1.29 is 72.2 Å². The van der Waals surface area contributed by atoms with Crippen molar-refractivity contribution in [2.24, 2.45) is 0 Å². The van der Waals surface area contributed by atoms with Gasteiger partial charge in [-0.25, -0.2) is 0 Å². The fourth-order valence-electron chi connectivity index (χ4n) is 0. The van der Waals surface area contributed by atoms with Gasteiger partial charge in [0.2, 0.25) is 0 Å². The van der Waals surface area contributed by atoms with Crippen LogP contribution in [-0.2, 0) is 36.6 Å². The van der Waals surface area contributed by atoms with Gasteiger partial charge in [0.1, 0.15) is 0 Å². The molecule has 0 aromatic carbocycles. The zero-order valence-electron chi connectivity index (χ0n) is 1.62. The van der Waals surface area contributed by atoms with Crippen molar-refractivity contribution in [1.82, 2.24) is 0 Å². The topological polar surface area (TPSA) is 17.1 Å². The first-order valence-electron chi connectivity index (χ1n) is 0.123. The molecule has 0 fully saturated rings. The molecule has 0 atom stereocenters. The maximum atomic E-state index is 7.81. The van der Waals surface area contributed by atoms with Crippen molar-refractivity contribution in [2.75, 3.05) is 0 Å². The van der Waals surface area contributed by atoms with Gasteiger partial charge in [0.15, 0.2) is 0 Å². The van der Waals surface area contributed by atoms with E-state index in [0.717, 1.165) is 0 Å². The average molecular weight is 367 g/mol. The van der Waals surface area contributed by atoms with Crippen LogP contribution in [0.25, 0.3) is 0 Å². The van der Waals surface area contributed by atoms with E-state index in [4.69, 9.17) is 3.83 Å². The molecular weight excluding hydrogens is 365 g/mol. The van der Waals surface area contributed by atoms with Crippen LogP contribution in [0.4, 0.5) is 0 Å². The van der Waals surface area contributed by atoms with Crippen LogP contribution in [0.3, 0.4) is 0 Å². The molecule has 0 aromatic heterocycles. The number of hydrogen-bond donors (Lipinski definition) is 0. The molecule has 0 rings (SSSR count). The fourth-order valence-corrected chi connectivity index (χ4v) is 0. The molecule has 0 unspecified atom stereocenters. The monoisotopic (exact) mass is 367 g/mol. The van der Waals surface area contributed by atoms with Gasteiger partial charge in [0.05, 0.1) is 0 Å². The molecule has 33 valence electrons. The number of hydrogen-bond acceptors (Lipinski definition) is 1. The molecule has 0 saturated heterocycles. The Hall–Kier alpha value is 3.50. The van der Waals surface area contributed by atoms with E-state index in [-0.39, 0.29) is 97.9 Å². The summed E-state index contributed by atoms with van der Waals surface area (Å²) < 4.78 is 7.81. The van der Waals surface area contributed by atoms with Crippen LogP contribution >= 0.6 is 0 Å². The molecule has 0 heterocycles. The summed E-state index contributed by atoms with van der Waals surface area (Å²) in [5.74, 6) is 0. The van der Waals surface area contributed by atoms with Crippen molar-refractivity contribution in [3.63, 3.8) is 0 Å². The molecule has 0 N–H and O–H groups in total. The molecule has 2 radical (unpaired) electrons. The first-order chi connectivity index (χ1) is 1.00. The van der Waals surface area contributed by atoms with Crippen LogP contribution < -0.4 is 0 Å². The van der Waals surface area contributed by atoms with Crippen molar-refractivity contribution in [2.45, 2.75) is 0 Å². The van der Waals surface area contributed by atoms with Crippen LogP contribution in [0.1, 0.15) is 0 Å². The summed E-state index contributed by atoms with van der Waals surface area (Å²) in [5, 5.41) is 0. The standard InChI is InChI=1S/Co.Cu.La.O.Sr.2H. The van der Waals surface area contributed by atoms with Gasteiger partial charge in [-0.2, -0.15) is 0 Å². The fraction of sp³-hybridized carbons (Fsp3) is 0. The van der Waals surface area contributed by atoms with E-state index in [0.29, 0.717) is 0 Å². The Morgan fingerprint density at radius 3 is 1.20 bits per heavy atom. The normalized spacial score (nSPS) is 1.20. The van der Waals surface area contributed by atoms with Crippen molar-refractivity contribution in [3.8, 4) is 0 Å². The van der Waals surface area contributed by atoms with E-state index in [1.807, 2.05) is 0 Å². The Morgan fingerprint density at radius 2 is 1.20 bits per heavy atom. The molecule has 5 heteroatoms. The van der Waals surface area contributed by atoms with E-state index in [1.165, 1.54) is 0 Å². The number of rotatable bonds is 0. The third kappa shape index (κ3) is 18.5. The molecule has 0 saturated carbocycles. The van der Waals surface area contributed by atoms with E-state index >= 15 is 0 Å². The SMILES string of the molecule is [Co].[La].[O]=[Cu].[SrH2]. The molecule has 1 nitrogen and oxygen atoms in total. The van der Waals surface area contributed by atoms with Gasteiger partial charge in [0.25, 0.3) is 0 Å². The minimum atomic E-state index is 0. The van der Waals surface area contributed by atoms with Crippen molar-refractivity contribution in [3.05, 3.63) is 0 Å². The zero-order chi connectivity index (χ0) is 2.00. The second-order valence-electron chi connectivity index (χ2n) is 0. The van der Waals surface area contributed by atoms with Crippen molar-refractivity contribution in [1.29, 1.82) is 0 Å². The van der Waals surface area contributed by atoms with E-state index < -0.39 is 0 Å². The second kappa shape index (κ2) is 25.9. The van der Waals surface area contributed by atoms with Gasteiger partial charge in [-0.1, -0.05) is 0 Å². The molecule has 0 aromatic rings. The summed E-state index contributed by atoms with van der Waals surface area (Å²) in [6, 6.07) is 0. The first-order valence-corrected chi connectivity index (χ1v) is 0.508. The minimum absolute atomic E-state index is 0. The Morgan fingerprint density at radius 1 is 1.20 bits per heavy atom. The Balaban J connectivity index is -0.00000000167. The van der Waals surface area contributed by atoms with Gasteiger partial charge in [0, 0.05) is 52.4 Å². The Labute approximate surface area is 114 Å². The Kier molecular flexibility index (Phi) is 122. The van der Waals surface area contributed by atoms with Gasteiger partial charge < -0.3 is 0 Å². The van der Waals surface area contributed by atoms with E-state index in [1.54, 1.807) is 0 Å². The van der Waals surface area contributed by atoms with Crippen LogP contribution in [0.5, 0.6) is 0 Å². The summed E-state index contributed by atoms with van der Waals surface area (Å²) in [4.78, 5) is 0. The molecule has 0 amide bonds. The quantitative estimate of drug-likeness (QED) is 0.501. The van der Waals surface area contributed by atoms with Crippen LogP contribution in [0, 0.1) is 35.6 Å². The van der Waals surface area contributed by atoms with E-state index in [2.05, 4.69) is 15.9 Å². The van der Waals surface area contributed by atoms with Gasteiger partial charge in [-0.15, -0.1) is 0 Å². The molecule has 0 spiro atoms. The molecular formula is H2CoCuLaOSr. The van der Waals surface area contributed by atoms with E-state index in [9.17, 15) is 0 Å².